The van der Waals surface area contributed by atoms with Gasteiger partial charge in [0.1, 0.15) is 12.4 Å². The standard InChI is InChI=1S/C24H29N5O3/c1-15-21(10-9-19-22(15)28(17-7-8-17)24(31)29(26)23(19)30)27-12-11-16(13-27)20(25)14-32-18-5-3-2-4-6-18/h2-6,9-10,16-17,20H,7-8,11-14,25-26H2,1H3/t16?,20-/m0/s1. The van der Waals surface area contributed by atoms with Crippen LogP contribution in [0.2, 0.25) is 0 Å². The van der Waals surface area contributed by atoms with Crippen molar-refractivity contribution in [3.63, 3.8) is 0 Å². The Morgan fingerprint density at radius 1 is 1.09 bits per heavy atom. The third kappa shape index (κ3) is 3.54. The molecule has 3 aromatic rings. The number of hydrogen-bond acceptors (Lipinski definition) is 6. The number of aryl methyl sites for hydroxylation is 1. The first kappa shape index (κ1) is 20.6. The number of para-hydroxylation sites is 1. The zero-order valence-corrected chi connectivity index (χ0v) is 18.2. The number of aromatic nitrogens is 2. The van der Waals surface area contributed by atoms with Gasteiger partial charge in [0.2, 0.25) is 0 Å². The molecule has 8 nitrogen and oxygen atoms in total. The molecule has 2 atom stereocenters. The molecule has 1 saturated carbocycles. The summed E-state index contributed by atoms with van der Waals surface area (Å²) in [6.07, 6.45) is 2.83. The number of nitrogens with zero attached hydrogens (tertiary/aromatic N) is 3. The molecule has 1 unspecified atom stereocenters. The molecule has 168 valence electrons. The van der Waals surface area contributed by atoms with E-state index >= 15 is 0 Å². The van der Waals surface area contributed by atoms with Gasteiger partial charge >= 0.3 is 5.69 Å². The summed E-state index contributed by atoms with van der Waals surface area (Å²) >= 11 is 0. The second-order valence-electron chi connectivity index (χ2n) is 8.95. The van der Waals surface area contributed by atoms with Gasteiger partial charge in [-0.1, -0.05) is 18.2 Å². The molecule has 5 rings (SSSR count). The van der Waals surface area contributed by atoms with Gasteiger partial charge in [-0.25, -0.2) is 4.79 Å². The second-order valence-corrected chi connectivity index (χ2v) is 8.95. The van der Waals surface area contributed by atoms with Crippen molar-refractivity contribution >= 4 is 16.6 Å². The third-order valence-electron chi connectivity index (χ3n) is 6.77. The van der Waals surface area contributed by atoms with Crippen LogP contribution in [0.5, 0.6) is 5.75 Å². The number of benzene rings is 2. The molecular formula is C24H29N5O3. The Hall–Kier alpha value is -3.26. The molecule has 4 N–H and O–H groups in total. The molecule has 8 heteroatoms. The molecule has 0 spiro atoms. The molecule has 1 aliphatic heterocycles. The van der Waals surface area contributed by atoms with E-state index in [0.717, 1.165) is 54.0 Å². The van der Waals surface area contributed by atoms with Gasteiger partial charge in [0.05, 0.1) is 10.9 Å². The summed E-state index contributed by atoms with van der Waals surface area (Å²) in [6, 6.07) is 13.5. The van der Waals surface area contributed by atoms with Crippen molar-refractivity contribution in [1.82, 2.24) is 9.24 Å². The van der Waals surface area contributed by atoms with Gasteiger partial charge in [0.25, 0.3) is 5.56 Å². The SMILES string of the molecule is Cc1c(N2CCC([C@@H](N)COc3ccccc3)C2)ccc2c(=O)n(N)c(=O)n(C3CC3)c12. The maximum atomic E-state index is 12.8. The number of ether oxygens (including phenoxy) is 1. The minimum atomic E-state index is -0.448. The van der Waals surface area contributed by atoms with E-state index in [0.29, 0.717) is 23.4 Å². The molecule has 2 aromatic carbocycles. The minimum Gasteiger partial charge on any atom is -0.492 e. The lowest BCUT2D eigenvalue weighted by Crippen LogP contribution is -2.44. The number of hydrogen-bond donors (Lipinski definition) is 2. The highest BCUT2D eigenvalue weighted by Crippen LogP contribution is 2.38. The molecular weight excluding hydrogens is 406 g/mol. The van der Waals surface area contributed by atoms with Gasteiger partial charge in [-0.2, -0.15) is 4.68 Å². The minimum absolute atomic E-state index is 0.0740. The zero-order chi connectivity index (χ0) is 22.4. The Kier molecular flexibility index (Phi) is 5.17. The fraction of sp³-hybridized carbons (Fsp3) is 0.417. The van der Waals surface area contributed by atoms with Crippen LogP contribution in [0, 0.1) is 12.8 Å². The Morgan fingerprint density at radius 3 is 2.56 bits per heavy atom. The largest absolute Gasteiger partial charge is 0.492 e. The van der Waals surface area contributed by atoms with E-state index in [4.69, 9.17) is 16.3 Å². The van der Waals surface area contributed by atoms with Crippen molar-refractivity contribution in [2.75, 3.05) is 30.4 Å². The predicted molar refractivity (Wildman–Crippen MR) is 126 cm³/mol. The molecule has 2 aliphatic rings. The highest BCUT2D eigenvalue weighted by atomic mass is 16.5. The number of nitrogen functional groups attached to an aromatic ring is 1. The van der Waals surface area contributed by atoms with E-state index in [-0.39, 0.29) is 12.1 Å². The van der Waals surface area contributed by atoms with Crippen molar-refractivity contribution in [3.05, 3.63) is 68.9 Å². The fourth-order valence-corrected chi connectivity index (χ4v) is 4.82. The van der Waals surface area contributed by atoms with Gasteiger partial charge < -0.3 is 21.2 Å². The summed E-state index contributed by atoms with van der Waals surface area (Å²) in [5.41, 5.74) is 8.28. The quantitative estimate of drug-likeness (QED) is 0.571. The van der Waals surface area contributed by atoms with Crippen LogP contribution >= 0.6 is 0 Å². The van der Waals surface area contributed by atoms with E-state index in [2.05, 4.69) is 4.90 Å². The molecule has 1 saturated heterocycles. The van der Waals surface area contributed by atoms with E-state index < -0.39 is 11.2 Å². The summed E-state index contributed by atoms with van der Waals surface area (Å²) in [7, 11) is 0. The monoisotopic (exact) mass is 435 g/mol. The van der Waals surface area contributed by atoms with Crippen molar-refractivity contribution in [2.24, 2.45) is 11.7 Å². The van der Waals surface area contributed by atoms with Crippen molar-refractivity contribution in [1.29, 1.82) is 0 Å². The lowest BCUT2D eigenvalue weighted by molar-refractivity contribution is 0.253. The molecule has 2 fully saturated rings. The highest BCUT2D eigenvalue weighted by Gasteiger charge is 2.32. The number of nitrogens with two attached hydrogens (primary N) is 2. The average molecular weight is 436 g/mol. The Bertz CT molecular complexity index is 1260. The zero-order valence-electron chi connectivity index (χ0n) is 18.2. The van der Waals surface area contributed by atoms with E-state index in [1.54, 1.807) is 10.6 Å². The van der Waals surface area contributed by atoms with E-state index in [9.17, 15) is 9.59 Å². The molecule has 0 radical (unpaired) electrons. The second kappa shape index (κ2) is 8.02. The number of anilines is 1. The molecule has 32 heavy (non-hydrogen) atoms. The van der Waals surface area contributed by atoms with Crippen LogP contribution in [0.4, 0.5) is 5.69 Å². The first-order valence-corrected chi connectivity index (χ1v) is 11.2. The number of fused-ring (bicyclic) bond motifs is 1. The van der Waals surface area contributed by atoms with Crippen LogP contribution in [-0.2, 0) is 0 Å². The normalized spacial score (nSPS) is 19.4. The van der Waals surface area contributed by atoms with Gasteiger partial charge in [-0.05, 0) is 61.9 Å². The Morgan fingerprint density at radius 2 is 1.84 bits per heavy atom. The molecule has 0 bridgehead atoms. The summed E-state index contributed by atoms with van der Waals surface area (Å²) in [5, 5.41) is 0.490. The first-order chi connectivity index (χ1) is 15.5. The topological polar surface area (TPSA) is 109 Å². The van der Waals surface area contributed by atoms with Crippen LogP contribution in [0.3, 0.4) is 0 Å². The Labute approximate surface area is 186 Å². The Balaban J connectivity index is 1.40. The summed E-state index contributed by atoms with van der Waals surface area (Å²) in [4.78, 5) is 27.7. The molecule has 1 aliphatic carbocycles. The van der Waals surface area contributed by atoms with Crippen LogP contribution in [-0.4, -0.2) is 35.0 Å². The highest BCUT2D eigenvalue weighted by molar-refractivity contribution is 5.87. The molecule has 1 aromatic heterocycles. The molecule has 0 amide bonds. The smallest absolute Gasteiger partial charge is 0.350 e. The van der Waals surface area contributed by atoms with Gasteiger partial charge in [-0.3, -0.25) is 9.36 Å². The predicted octanol–water partition coefficient (Wildman–Crippen LogP) is 1.75. The lowest BCUT2D eigenvalue weighted by atomic mass is 10.0. The third-order valence-corrected chi connectivity index (χ3v) is 6.77. The summed E-state index contributed by atoms with van der Waals surface area (Å²) < 4.78 is 8.30. The lowest BCUT2D eigenvalue weighted by Gasteiger charge is -2.25. The van der Waals surface area contributed by atoms with Crippen molar-refractivity contribution in [3.8, 4) is 5.75 Å². The maximum Gasteiger partial charge on any atom is 0.350 e. The van der Waals surface area contributed by atoms with Gasteiger partial charge in [-0.15, -0.1) is 0 Å². The maximum absolute atomic E-state index is 12.8. The fourth-order valence-electron chi connectivity index (χ4n) is 4.82. The van der Waals surface area contributed by atoms with Crippen molar-refractivity contribution in [2.45, 2.75) is 38.3 Å². The van der Waals surface area contributed by atoms with Crippen LogP contribution < -0.4 is 32.5 Å². The van der Waals surface area contributed by atoms with E-state index in [1.807, 2.05) is 43.3 Å². The van der Waals surface area contributed by atoms with Crippen LogP contribution in [0.1, 0.15) is 30.9 Å². The van der Waals surface area contributed by atoms with Crippen LogP contribution in [0.15, 0.2) is 52.1 Å². The molecule has 2 heterocycles. The summed E-state index contributed by atoms with van der Waals surface area (Å²) in [6.45, 7) is 4.14. The van der Waals surface area contributed by atoms with Crippen molar-refractivity contribution < 1.29 is 4.74 Å². The van der Waals surface area contributed by atoms with Gasteiger partial charge in [0, 0.05) is 30.9 Å². The number of rotatable bonds is 6. The average Bonchev–Trinajstić information content (AvgIpc) is 3.52. The van der Waals surface area contributed by atoms with Gasteiger partial charge in [0.15, 0.2) is 0 Å². The van der Waals surface area contributed by atoms with Crippen LogP contribution in [0.25, 0.3) is 10.9 Å². The summed E-state index contributed by atoms with van der Waals surface area (Å²) in [5.74, 6) is 6.91. The van der Waals surface area contributed by atoms with E-state index in [1.165, 1.54) is 0 Å². The first-order valence-electron chi connectivity index (χ1n) is 11.2.